The summed E-state index contributed by atoms with van der Waals surface area (Å²) in [7, 11) is 0. The van der Waals surface area contributed by atoms with E-state index in [1.54, 1.807) is 6.08 Å². The SMILES string of the molecule is CCCCCCC/C=C\C/C=C\CCCCCCCCCCCCCCCCCCCCCCCCCC(=O)NC(COC1OC(CO)C(OC2OC(CO)C(O)C(O)C2O)C(O)C1O)C(O)/C=C/CC/C=C/CCCCCCCCCCCCCCCCCCCCCC. The van der Waals surface area contributed by atoms with Crippen molar-refractivity contribution in [2.45, 2.75) is 441 Å². The van der Waals surface area contributed by atoms with Gasteiger partial charge in [0.25, 0.3) is 0 Å². The molecule has 0 spiro atoms. The van der Waals surface area contributed by atoms with Crippen LogP contribution in [0.1, 0.15) is 367 Å². The maximum absolute atomic E-state index is 13.4. The van der Waals surface area contributed by atoms with Crippen molar-refractivity contribution >= 4 is 5.91 Å². The summed E-state index contributed by atoms with van der Waals surface area (Å²) in [6.07, 6.45) is 70.6. The minimum Gasteiger partial charge on any atom is -0.394 e. The molecule has 0 radical (unpaired) electrons. The number of rotatable bonds is 68. The van der Waals surface area contributed by atoms with Gasteiger partial charge in [-0.2, -0.15) is 0 Å². The number of ether oxygens (including phenoxy) is 4. The predicted octanol–water partition coefficient (Wildman–Crippen LogP) is 18.2. The molecule has 12 atom stereocenters. The van der Waals surface area contributed by atoms with E-state index >= 15 is 0 Å². The number of hydrogen-bond donors (Lipinski definition) is 9. The maximum Gasteiger partial charge on any atom is 0.220 e. The average molecular weight is 1350 g/mol. The molecular formula is C81H151NO13. The zero-order valence-electron chi connectivity index (χ0n) is 61.2. The molecule has 2 aliphatic rings. The second kappa shape index (κ2) is 65.3. The van der Waals surface area contributed by atoms with E-state index in [9.17, 15) is 45.6 Å². The molecule has 12 unspecified atom stereocenters. The summed E-state index contributed by atoms with van der Waals surface area (Å²) in [5.74, 6) is -0.242. The van der Waals surface area contributed by atoms with Gasteiger partial charge in [-0.15, -0.1) is 0 Å². The molecule has 14 nitrogen and oxygen atoms in total. The highest BCUT2D eigenvalue weighted by Crippen LogP contribution is 2.30. The van der Waals surface area contributed by atoms with Crippen molar-refractivity contribution in [3.63, 3.8) is 0 Å². The molecule has 2 aliphatic heterocycles. The first-order chi connectivity index (χ1) is 46.6. The molecule has 558 valence electrons. The molecular weight excluding hydrogens is 1190 g/mol. The third-order valence-electron chi connectivity index (χ3n) is 19.7. The third-order valence-corrected chi connectivity index (χ3v) is 19.7. The van der Waals surface area contributed by atoms with Gasteiger partial charge in [0.1, 0.15) is 48.8 Å². The number of aliphatic hydroxyl groups is 8. The maximum atomic E-state index is 13.4. The second-order valence-corrected chi connectivity index (χ2v) is 28.5. The normalized spacial score (nSPS) is 22.5. The first-order valence-corrected chi connectivity index (χ1v) is 40.4. The number of carbonyl (C=O) groups is 1. The van der Waals surface area contributed by atoms with Crippen LogP contribution in [-0.2, 0) is 23.7 Å². The van der Waals surface area contributed by atoms with Crippen LogP contribution in [0.4, 0.5) is 0 Å². The van der Waals surface area contributed by atoms with E-state index < -0.39 is 86.8 Å². The van der Waals surface area contributed by atoms with Gasteiger partial charge in [0.2, 0.25) is 5.91 Å². The summed E-state index contributed by atoms with van der Waals surface area (Å²) >= 11 is 0. The Hall–Kier alpha value is -2.05. The van der Waals surface area contributed by atoms with Crippen LogP contribution >= 0.6 is 0 Å². The molecule has 0 aromatic heterocycles. The van der Waals surface area contributed by atoms with Crippen molar-refractivity contribution in [2.75, 3.05) is 19.8 Å². The monoisotopic (exact) mass is 1350 g/mol. The quantitative estimate of drug-likeness (QED) is 0.0204. The van der Waals surface area contributed by atoms with Gasteiger partial charge in [-0.3, -0.25) is 4.79 Å². The van der Waals surface area contributed by atoms with Crippen LogP contribution in [0, 0.1) is 0 Å². The Balaban J connectivity index is 1.61. The highest BCUT2D eigenvalue weighted by Gasteiger charge is 2.51. The molecule has 0 aromatic rings. The van der Waals surface area contributed by atoms with Crippen LogP contribution in [0.5, 0.6) is 0 Å². The number of nitrogens with one attached hydrogen (secondary N) is 1. The van der Waals surface area contributed by atoms with E-state index in [4.69, 9.17) is 18.9 Å². The van der Waals surface area contributed by atoms with Gasteiger partial charge in [0.15, 0.2) is 12.6 Å². The number of allylic oxidation sites excluding steroid dienone is 7. The number of hydrogen-bond acceptors (Lipinski definition) is 13. The fourth-order valence-corrected chi connectivity index (χ4v) is 13.3. The van der Waals surface area contributed by atoms with Gasteiger partial charge in [-0.25, -0.2) is 0 Å². The summed E-state index contributed by atoms with van der Waals surface area (Å²) in [4.78, 5) is 13.4. The van der Waals surface area contributed by atoms with Crippen molar-refractivity contribution in [3.05, 3.63) is 48.6 Å². The van der Waals surface area contributed by atoms with Crippen LogP contribution in [0.25, 0.3) is 0 Å². The molecule has 0 saturated carbocycles. The molecule has 1 amide bonds. The lowest BCUT2D eigenvalue weighted by Crippen LogP contribution is -2.65. The molecule has 14 heteroatoms. The number of unbranched alkanes of at least 4 members (excludes halogenated alkanes) is 49. The topological polar surface area (TPSA) is 228 Å². The molecule has 0 aromatic carbocycles. The number of amides is 1. The lowest BCUT2D eigenvalue weighted by Gasteiger charge is -2.46. The molecule has 2 saturated heterocycles. The minimum absolute atomic E-state index is 0.242. The van der Waals surface area contributed by atoms with Gasteiger partial charge in [0.05, 0.1) is 32.0 Å². The van der Waals surface area contributed by atoms with Crippen molar-refractivity contribution in [2.24, 2.45) is 0 Å². The Morgan fingerprint density at radius 2 is 0.705 bits per heavy atom. The van der Waals surface area contributed by atoms with E-state index in [0.717, 1.165) is 38.5 Å². The van der Waals surface area contributed by atoms with Crippen LogP contribution < -0.4 is 5.32 Å². The summed E-state index contributed by atoms with van der Waals surface area (Å²) < 4.78 is 22.9. The lowest BCUT2D eigenvalue weighted by molar-refractivity contribution is -0.359. The van der Waals surface area contributed by atoms with Crippen molar-refractivity contribution in [1.29, 1.82) is 0 Å². The second-order valence-electron chi connectivity index (χ2n) is 28.5. The summed E-state index contributed by atoms with van der Waals surface area (Å²) in [6.45, 7) is 2.83. The Morgan fingerprint density at radius 3 is 1.09 bits per heavy atom. The highest BCUT2D eigenvalue weighted by atomic mass is 16.7. The Bertz CT molecular complexity index is 1780. The molecule has 2 heterocycles. The largest absolute Gasteiger partial charge is 0.394 e. The van der Waals surface area contributed by atoms with Gasteiger partial charge in [0, 0.05) is 6.42 Å². The zero-order chi connectivity index (χ0) is 68.7. The molecule has 0 aliphatic carbocycles. The zero-order valence-corrected chi connectivity index (χ0v) is 61.2. The fraction of sp³-hybridized carbons (Fsp3) is 0.889. The number of carbonyl (C=O) groups excluding carboxylic acids is 1. The van der Waals surface area contributed by atoms with E-state index in [2.05, 4.69) is 55.6 Å². The number of aliphatic hydroxyl groups excluding tert-OH is 8. The molecule has 0 bridgehead atoms. The van der Waals surface area contributed by atoms with Crippen molar-refractivity contribution < 1.29 is 64.6 Å². The Morgan fingerprint density at radius 1 is 0.379 bits per heavy atom. The smallest absolute Gasteiger partial charge is 0.220 e. The van der Waals surface area contributed by atoms with E-state index in [1.807, 2.05) is 6.08 Å². The summed E-state index contributed by atoms with van der Waals surface area (Å²) in [5.41, 5.74) is 0. The molecule has 9 N–H and O–H groups in total. The highest BCUT2D eigenvalue weighted by molar-refractivity contribution is 5.76. The minimum atomic E-state index is -1.79. The predicted molar refractivity (Wildman–Crippen MR) is 392 cm³/mol. The van der Waals surface area contributed by atoms with Crippen molar-refractivity contribution in [1.82, 2.24) is 5.32 Å². The first-order valence-electron chi connectivity index (χ1n) is 40.4. The first kappa shape index (κ1) is 89.0. The van der Waals surface area contributed by atoms with E-state index in [1.165, 1.54) is 295 Å². The van der Waals surface area contributed by atoms with Crippen LogP contribution in [0.3, 0.4) is 0 Å². The van der Waals surface area contributed by atoms with Gasteiger partial charge < -0.3 is 65.1 Å². The average Bonchev–Trinajstić information content (AvgIpc) is 0.800. The van der Waals surface area contributed by atoms with Gasteiger partial charge in [-0.1, -0.05) is 345 Å². The van der Waals surface area contributed by atoms with Gasteiger partial charge in [-0.05, 0) is 64.2 Å². The third kappa shape index (κ3) is 48.4. The summed E-state index contributed by atoms with van der Waals surface area (Å²) in [5, 5.41) is 87.6. The molecule has 2 rings (SSSR count). The van der Waals surface area contributed by atoms with E-state index in [-0.39, 0.29) is 18.9 Å². The van der Waals surface area contributed by atoms with Crippen molar-refractivity contribution in [3.8, 4) is 0 Å². The standard InChI is InChI=1S/C81H151NO13/c1-3-5-7-9-11-13-15-17-19-21-23-25-27-29-31-32-33-34-35-36-37-38-39-41-43-45-47-49-51-53-55-57-59-61-63-65-73(86)82-69(68-92-80-78(91)76(89)79(72(67-84)94-80)95-81-77(90)75(88)74(87)71(66-83)93-81)70(85)64-62-60-58-56-54-52-50-48-46-44-42-40-30-28-26-24-22-20-18-16-14-12-10-8-6-4-2/h15,17,21,23,54,56,62,64,69-72,74-81,83-85,87-91H,3-14,16,18-20,22,24-53,55,57-61,63,65-68H2,1-2H3,(H,82,86)/b17-15-,23-21-,56-54+,64-62+. The lowest BCUT2D eigenvalue weighted by atomic mass is 9.97. The van der Waals surface area contributed by atoms with E-state index in [0.29, 0.717) is 12.8 Å². The van der Waals surface area contributed by atoms with Crippen LogP contribution in [-0.4, -0.2) is 140 Å². The Labute approximate surface area is 582 Å². The molecule has 2 fully saturated rings. The van der Waals surface area contributed by atoms with Crippen LogP contribution in [0.2, 0.25) is 0 Å². The molecule has 95 heavy (non-hydrogen) atoms. The Kier molecular flexibility index (Phi) is 61.2. The summed E-state index contributed by atoms with van der Waals surface area (Å²) in [6, 6.07) is -0.933. The van der Waals surface area contributed by atoms with Gasteiger partial charge >= 0.3 is 0 Å². The van der Waals surface area contributed by atoms with Crippen LogP contribution in [0.15, 0.2) is 48.6 Å². The fourth-order valence-electron chi connectivity index (χ4n) is 13.3.